The van der Waals surface area contributed by atoms with E-state index in [4.69, 9.17) is 5.73 Å². The van der Waals surface area contributed by atoms with Crippen LogP contribution in [0.5, 0.6) is 0 Å². The van der Waals surface area contributed by atoms with Crippen LogP contribution in [0.1, 0.15) is 0 Å². The fourth-order valence-electron chi connectivity index (χ4n) is 1.41. The second-order valence-corrected chi connectivity index (χ2v) is 3.56. The molecule has 2 aromatic carbocycles. The minimum atomic E-state index is 0.717. The van der Waals surface area contributed by atoms with Gasteiger partial charge in [0.15, 0.2) is 0 Å². The highest BCUT2D eigenvalue weighted by Crippen LogP contribution is 2.30. The summed E-state index contributed by atoms with van der Waals surface area (Å²) in [5, 5.41) is 0. The minimum absolute atomic E-state index is 0.717. The third-order valence-corrected chi connectivity index (χ3v) is 2.65. The van der Waals surface area contributed by atoms with E-state index in [1.54, 1.807) is 0 Å². The fraction of sp³-hybridized carbons (Fsp3) is 0. The zero-order chi connectivity index (χ0) is 9.97. The summed E-state index contributed by atoms with van der Waals surface area (Å²) in [4.78, 5) is 0.846. The van der Waals surface area contributed by atoms with Crippen LogP contribution in [-0.4, -0.2) is 0 Å². The Morgan fingerprint density at radius 2 is 1.57 bits per heavy atom. The Kier molecular flexibility index (Phi) is 2.46. The molecule has 0 unspecified atom stereocenters. The molecule has 0 heterocycles. The maximum atomic E-state index is 5.78. The Balaban J connectivity index is 2.58. The number of anilines is 1. The Labute approximate surface area is 89.0 Å². The maximum absolute atomic E-state index is 5.78. The van der Waals surface area contributed by atoms with Crippen molar-refractivity contribution >= 4 is 18.3 Å². The summed E-state index contributed by atoms with van der Waals surface area (Å²) in [5.41, 5.74) is 8.72. The smallest absolute Gasteiger partial charge is 0.0455 e. The molecule has 0 aliphatic carbocycles. The zero-order valence-corrected chi connectivity index (χ0v) is 8.54. The van der Waals surface area contributed by atoms with Crippen molar-refractivity contribution in [1.29, 1.82) is 0 Å². The quantitative estimate of drug-likeness (QED) is 0.537. The molecule has 0 saturated carbocycles. The molecular formula is C12H11NS. The van der Waals surface area contributed by atoms with Gasteiger partial charge in [0.2, 0.25) is 0 Å². The summed E-state index contributed by atoms with van der Waals surface area (Å²) in [5.74, 6) is 0. The van der Waals surface area contributed by atoms with Gasteiger partial charge in [0.1, 0.15) is 0 Å². The van der Waals surface area contributed by atoms with Crippen LogP contribution >= 0.6 is 12.6 Å². The summed E-state index contributed by atoms with van der Waals surface area (Å²) >= 11 is 4.40. The first kappa shape index (κ1) is 9.16. The molecule has 2 aromatic rings. The van der Waals surface area contributed by atoms with Crippen LogP contribution in [0.15, 0.2) is 53.4 Å². The molecule has 2 N–H and O–H groups in total. The van der Waals surface area contributed by atoms with Crippen molar-refractivity contribution in [1.82, 2.24) is 0 Å². The monoisotopic (exact) mass is 201 g/mol. The summed E-state index contributed by atoms with van der Waals surface area (Å²) in [6.07, 6.45) is 0. The lowest BCUT2D eigenvalue weighted by Gasteiger charge is -2.06. The van der Waals surface area contributed by atoms with Gasteiger partial charge in [-0.2, -0.15) is 0 Å². The molecule has 14 heavy (non-hydrogen) atoms. The summed E-state index contributed by atoms with van der Waals surface area (Å²) in [6.45, 7) is 0. The molecule has 0 saturated heterocycles. The van der Waals surface area contributed by atoms with Gasteiger partial charge in [0, 0.05) is 10.6 Å². The lowest BCUT2D eigenvalue weighted by molar-refractivity contribution is 1.46. The standard InChI is InChI=1S/C12H11NS/c13-11-8-4-7-10(12(11)14)9-5-2-1-3-6-9/h1-8,14H,13H2. The summed E-state index contributed by atoms with van der Waals surface area (Å²) < 4.78 is 0. The highest BCUT2D eigenvalue weighted by Gasteiger charge is 2.03. The molecule has 0 spiro atoms. The zero-order valence-electron chi connectivity index (χ0n) is 7.64. The van der Waals surface area contributed by atoms with Gasteiger partial charge >= 0.3 is 0 Å². The molecule has 0 aliphatic heterocycles. The van der Waals surface area contributed by atoms with Crippen LogP contribution in [0.4, 0.5) is 5.69 Å². The molecule has 0 fully saturated rings. The van der Waals surface area contributed by atoms with Gasteiger partial charge < -0.3 is 5.73 Å². The van der Waals surface area contributed by atoms with Gasteiger partial charge in [-0.05, 0) is 17.2 Å². The molecule has 0 amide bonds. The molecule has 0 atom stereocenters. The van der Waals surface area contributed by atoms with Crippen molar-refractivity contribution in [3.63, 3.8) is 0 Å². The average molecular weight is 201 g/mol. The van der Waals surface area contributed by atoms with E-state index in [0.717, 1.165) is 21.7 Å². The molecule has 0 aromatic heterocycles. The maximum Gasteiger partial charge on any atom is 0.0455 e. The van der Waals surface area contributed by atoms with Gasteiger partial charge in [0.05, 0.1) is 0 Å². The van der Waals surface area contributed by atoms with Gasteiger partial charge in [-0.3, -0.25) is 0 Å². The predicted molar refractivity (Wildman–Crippen MR) is 63.5 cm³/mol. The van der Waals surface area contributed by atoms with Crippen molar-refractivity contribution in [3.05, 3.63) is 48.5 Å². The molecular weight excluding hydrogens is 190 g/mol. The van der Waals surface area contributed by atoms with Crippen molar-refractivity contribution in [3.8, 4) is 11.1 Å². The highest BCUT2D eigenvalue weighted by molar-refractivity contribution is 7.80. The molecule has 2 rings (SSSR count). The summed E-state index contributed by atoms with van der Waals surface area (Å²) in [7, 11) is 0. The Morgan fingerprint density at radius 1 is 0.857 bits per heavy atom. The molecule has 1 nitrogen and oxygen atoms in total. The Hall–Kier alpha value is -1.41. The number of benzene rings is 2. The van der Waals surface area contributed by atoms with E-state index in [2.05, 4.69) is 24.8 Å². The normalized spacial score (nSPS) is 10.1. The molecule has 70 valence electrons. The number of rotatable bonds is 1. The molecule has 0 aliphatic rings. The van der Waals surface area contributed by atoms with E-state index >= 15 is 0 Å². The van der Waals surface area contributed by atoms with Crippen molar-refractivity contribution in [2.75, 3.05) is 5.73 Å². The van der Waals surface area contributed by atoms with Gasteiger partial charge in [-0.25, -0.2) is 0 Å². The first-order chi connectivity index (χ1) is 6.79. The number of hydrogen-bond acceptors (Lipinski definition) is 2. The Bertz CT molecular complexity index is 437. The van der Waals surface area contributed by atoms with Crippen LogP contribution < -0.4 is 5.73 Å². The molecule has 0 bridgehead atoms. The second-order valence-electron chi connectivity index (χ2n) is 3.11. The topological polar surface area (TPSA) is 26.0 Å². The van der Waals surface area contributed by atoms with Gasteiger partial charge in [0.25, 0.3) is 0 Å². The SMILES string of the molecule is Nc1cccc(-c2ccccc2)c1S. The van der Waals surface area contributed by atoms with E-state index in [0.29, 0.717) is 0 Å². The van der Waals surface area contributed by atoms with Gasteiger partial charge in [-0.15, -0.1) is 12.6 Å². The van der Waals surface area contributed by atoms with Crippen molar-refractivity contribution < 1.29 is 0 Å². The molecule has 2 heteroatoms. The van der Waals surface area contributed by atoms with E-state index in [9.17, 15) is 0 Å². The molecule has 0 radical (unpaired) electrons. The predicted octanol–water partition coefficient (Wildman–Crippen LogP) is 3.22. The van der Waals surface area contributed by atoms with Crippen molar-refractivity contribution in [2.45, 2.75) is 4.90 Å². The van der Waals surface area contributed by atoms with Crippen LogP contribution in [0.3, 0.4) is 0 Å². The number of nitrogen functional groups attached to an aromatic ring is 1. The largest absolute Gasteiger partial charge is 0.398 e. The van der Waals surface area contributed by atoms with Crippen molar-refractivity contribution in [2.24, 2.45) is 0 Å². The first-order valence-corrected chi connectivity index (χ1v) is 4.86. The first-order valence-electron chi connectivity index (χ1n) is 4.42. The van der Waals surface area contributed by atoms with Crippen LogP contribution in [-0.2, 0) is 0 Å². The number of hydrogen-bond donors (Lipinski definition) is 2. The third-order valence-electron chi connectivity index (χ3n) is 2.15. The highest BCUT2D eigenvalue weighted by atomic mass is 32.1. The van der Waals surface area contributed by atoms with Gasteiger partial charge in [-0.1, -0.05) is 42.5 Å². The minimum Gasteiger partial charge on any atom is -0.398 e. The number of thiol groups is 1. The second kappa shape index (κ2) is 3.76. The third kappa shape index (κ3) is 1.61. The summed E-state index contributed by atoms with van der Waals surface area (Å²) in [6, 6.07) is 15.9. The van der Waals surface area contributed by atoms with Crippen LogP contribution in [0.25, 0.3) is 11.1 Å². The lowest BCUT2D eigenvalue weighted by Crippen LogP contribution is -1.88. The average Bonchev–Trinajstić information content (AvgIpc) is 2.23. The Morgan fingerprint density at radius 3 is 2.29 bits per heavy atom. The van der Waals surface area contributed by atoms with Crippen LogP contribution in [0.2, 0.25) is 0 Å². The van der Waals surface area contributed by atoms with E-state index in [1.165, 1.54) is 0 Å². The lowest BCUT2D eigenvalue weighted by atomic mass is 10.1. The van der Waals surface area contributed by atoms with E-state index in [-0.39, 0.29) is 0 Å². The number of nitrogens with two attached hydrogens (primary N) is 1. The van der Waals surface area contributed by atoms with Crippen LogP contribution in [0, 0.1) is 0 Å². The van der Waals surface area contributed by atoms with E-state index in [1.807, 2.05) is 36.4 Å². The fourth-order valence-corrected chi connectivity index (χ4v) is 1.69. The van der Waals surface area contributed by atoms with E-state index < -0.39 is 0 Å².